The summed E-state index contributed by atoms with van der Waals surface area (Å²) in [5.41, 5.74) is 3.91. The van der Waals surface area contributed by atoms with Crippen molar-refractivity contribution in [2.75, 3.05) is 0 Å². The highest BCUT2D eigenvalue weighted by atomic mass is 35.5. The van der Waals surface area contributed by atoms with Crippen molar-refractivity contribution >= 4 is 34.0 Å². The Kier molecular flexibility index (Phi) is 2.60. The summed E-state index contributed by atoms with van der Waals surface area (Å²) >= 11 is 12.4. The smallest absolute Gasteiger partial charge is 0.217 e. The zero-order valence-electron chi connectivity index (χ0n) is 11.6. The molecule has 21 heavy (non-hydrogen) atoms. The minimum absolute atomic E-state index is 0.190. The molecule has 0 amide bonds. The minimum atomic E-state index is -0.243. The lowest BCUT2D eigenvalue weighted by Crippen LogP contribution is -2.17. The molecule has 1 aliphatic rings. The Morgan fingerprint density at radius 3 is 2.48 bits per heavy atom. The molecule has 4 rings (SSSR count). The van der Waals surface area contributed by atoms with Crippen molar-refractivity contribution < 1.29 is 0 Å². The molecule has 4 heteroatoms. The van der Waals surface area contributed by atoms with Gasteiger partial charge in [0, 0.05) is 16.5 Å². The van der Waals surface area contributed by atoms with Crippen LogP contribution in [0.1, 0.15) is 25.0 Å². The molecule has 1 aliphatic carbocycles. The third-order valence-electron chi connectivity index (χ3n) is 4.27. The Balaban J connectivity index is 2.20. The van der Waals surface area contributed by atoms with Crippen LogP contribution in [-0.4, -0.2) is 9.97 Å². The molecule has 0 N–H and O–H groups in total. The molecule has 1 heterocycles. The van der Waals surface area contributed by atoms with Crippen molar-refractivity contribution in [2.24, 2.45) is 0 Å². The van der Waals surface area contributed by atoms with Crippen LogP contribution in [0.15, 0.2) is 36.4 Å². The zero-order valence-corrected chi connectivity index (χ0v) is 13.1. The van der Waals surface area contributed by atoms with E-state index in [0.717, 1.165) is 16.8 Å². The Labute approximate surface area is 132 Å². The third-order valence-corrected chi connectivity index (χ3v) is 4.71. The first-order valence-corrected chi connectivity index (χ1v) is 7.52. The van der Waals surface area contributed by atoms with Crippen molar-refractivity contribution in [3.8, 4) is 11.3 Å². The van der Waals surface area contributed by atoms with Crippen molar-refractivity contribution in [3.05, 3.63) is 58.0 Å². The van der Waals surface area contributed by atoms with Gasteiger partial charge in [0.1, 0.15) is 5.15 Å². The topological polar surface area (TPSA) is 25.8 Å². The van der Waals surface area contributed by atoms with Crippen LogP contribution in [0.4, 0.5) is 0 Å². The average Bonchev–Trinajstić information content (AvgIpc) is 2.67. The number of fused-ring (bicyclic) bond motifs is 5. The van der Waals surface area contributed by atoms with Crippen LogP contribution in [0, 0.1) is 0 Å². The lowest BCUT2D eigenvalue weighted by molar-refractivity contribution is 0.661. The molecule has 0 fully saturated rings. The van der Waals surface area contributed by atoms with Crippen LogP contribution in [0.5, 0.6) is 0 Å². The Morgan fingerprint density at radius 2 is 1.67 bits per heavy atom. The first-order chi connectivity index (χ1) is 10.00. The second-order valence-corrected chi connectivity index (χ2v) is 6.54. The number of aromatic nitrogens is 2. The summed E-state index contributed by atoms with van der Waals surface area (Å²) in [6.07, 6.45) is 0. The molecule has 0 atom stereocenters. The highest BCUT2D eigenvalue weighted by Gasteiger charge is 2.40. The van der Waals surface area contributed by atoms with E-state index in [2.05, 4.69) is 54.1 Å². The van der Waals surface area contributed by atoms with Gasteiger partial charge in [-0.25, -0.2) is 9.97 Å². The predicted octanol–water partition coefficient (Wildman–Crippen LogP) is 5.24. The molecular formula is C17H12Cl2N2. The average molecular weight is 315 g/mol. The van der Waals surface area contributed by atoms with Crippen molar-refractivity contribution in [2.45, 2.75) is 19.3 Å². The summed E-state index contributed by atoms with van der Waals surface area (Å²) in [5.74, 6) is 0. The van der Waals surface area contributed by atoms with Crippen LogP contribution in [0.3, 0.4) is 0 Å². The first-order valence-electron chi connectivity index (χ1n) is 6.76. The van der Waals surface area contributed by atoms with Gasteiger partial charge >= 0.3 is 0 Å². The number of hydrogen-bond acceptors (Lipinski definition) is 2. The van der Waals surface area contributed by atoms with Gasteiger partial charge in [0.05, 0.1) is 5.69 Å². The van der Waals surface area contributed by atoms with E-state index < -0.39 is 0 Å². The van der Waals surface area contributed by atoms with Crippen LogP contribution in [0.2, 0.25) is 10.4 Å². The number of nitrogens with zero attached hydrogens (tertiary/aromatic N) is 2. The fraction of sp³-hybridized carbons (Fsp3) is 0.176. The molecule has 2 nitrogen and oxygen atoms in total. The fourth-order valence-electron chi connectivity index (χ4n) is 3.42. The highest BCUT2D eigenvalue weighted by molar-refractivity contribution is 6.33. The largest absolute Gasteiger partial charge is 0.224 e. The quantitative estimate of drug-likeness (QED) is 0.418. The van der Waals surface area contributed by atoms with E-state index in [1.807, 2.05) is 6.07 Å². The highest BCUT2D eigenvalue weighted by Crippen LogP contribution is 2.52. The van der Waals surface area contributed by atoms with Crippen molar-refractivity contribution in [1.29, 1.82) is 0 Å². The first kappa shape index (κ1) is 13.1. The Bertz CT molecular complexity index is 901. The molecule has 0 saturated heterocycles. The van der Waals surface area contributed by atoms with Gasteiger partial charge in [-0.15, -0.1) is 0 Å². The van der Waals surface area contributed by atoms with Crippen LogP contribution < -0.4 is 0 Å². The summed E-state index contributed by atoms with van der Waals surface area (Å²) in [7, 11) is 0. The second-order valence-electron chi connectivity index (χ2n) is 5.84. The van der Waals surface area contributed by atoms with Gasteiger partial charge in [-0.2, -0.15) is 0 Å². The number of hydrogen-bond donors (Lipinski definition) is 0. The van der Waals surface area contributed by atoms with E-state index in [9.17, 15) is 0 Å². The van der Waals surface area contributed by atoms with Crippen LogP contribution >= 0.6 is 23.2 Å². The van der Waals surface area contributed by atoms with Gasteiger partial charge in [-0.05, 0) is 27.9 Å². The maximum absolute atomic E-state index is 6.37. The summed E-state index contributed by atoms with van der Waals surface area (Å²) in [6, 6.07) is 12.6. The summed E-state index contributed by atoms with van der Waals surface area (Å²) in [6.45, 7) is 4.32. The van der Waals surface area contributed by atoms with Crippen LogP contribution in [-0.2, 0) is 5.41 Å². The molecule has 2 aromatic carbocycles. The lowest BCUT2D eigenvalue weighted by atomic mass is 9.81. The summed E-state index contributed by atoms with van der Waals surface area (Å²) in [4.78, 5) is 8.55. The standard InChI is InChI=1S/C17H12Cl2N2/c1-17(2)12-10-6-4-3-5-9(10)7-8-11(12)14-13(17)15(18)21-16(19)20-14/h3-8H,1-2H3. The van der Waals surface area contributed by atoms with Gasteiger partial charge < -0.3 is 0 Å². The normalized spacial score (nSPS) is 15.0. The van der Waals surface area contributed by atoms with Gasteiger partial charge in [0.2, 0.25) is 5.28 Å². The lowest BCUT2D eigenvalue weighted by Gasteiger charge is -2.23. The van der Waals surface area contributed by atoms with Gasteiger partial charge in [0.25, 0.3) is 0 Å². The molecular weight excluding hydrogens is 303 g/mol. The number of rotatable bonds is 0. The molecule has 0 radical (unpaired) electrons. The van der Waals surface area contributed by atoms with Crippen molar-refractivity contribution in [3.63, 3.8) is 0 Å². The minimum Gasteiger partial charge on any atom is -0.217 e. The molecule has 3 aromatic rings. The maximum Gasteiger partial charge on any atom is 0.224 e. The molecule has 0 bridgehead atoms. The summed E-state index contributed by atoms with van der Waals surface area (Å²) in [5, 5.41) is 3.07. The van der Waals surface area contributed by atoms with E-state index in [1.54, 1.807) is 0 Å². The zero-order chi connectivity index (χ0) is 14.8. The Morgan fingerprint density at radius 1 is 0.905 bits per heavy atom. The third kappa shape index (κ3) is 1.66. The molecule has 0 saturated carbocycles. The monoisotopic (exact) mass is 314 g/mol. The van der Waals surface area contributed by atoms with E-state index in [1.165, 1.54) is 16.3 Å². The fourth-order valence-corrected chi connectivity index (χ4v) is 4.04. The van der Waals surface area contributed by atoms with Gasteiger partial charge in [-0.3, -0.25) is 0 Å². The molecule has 0 unspecified atom stereocenters. The SMILES string of the molecule is CC1(C)c2c(Cl)nc(Cl)nc2-c2ccc3ccccc3c21. The van der Waals surface area contributed by atoms with E-state index in [0.29, 0.717) is 5.15 Å². The number of halogens is 2. The molecule has 1 aromatic heterocycles. The predicted molar refractivity (Wildman–Crippen MR) is 87.1 cm³/mol. The van der Waals surface area contributed by atoms with Gasteiger partial charge in [0.15, 0.2) is 0 Å². The van der Waals surface area contributed by atoms with E-state index >= 15 is 0 Å². The maximum atomic E-state index is 6.37. The van der Waals surface area contributed by atoms with Gasteiger partial charge in [-0.1, -0.05) is 61.8 Å². The summed E-state index contributed by atoms with van der Waals surface area (Å²) < 4.78 is 0. The van der Waals surface area contributed by atoms with Crippen molar-refractivity contribution in [1.82, 2.24) is 9.97 Å². The van der Waals surface area contributed by atoms with E-state index in [-0.39, 0.29) is 10.7 Å². The molecule has 0 aliphatic heterocycles. The number of benzene rings is 2. The second kappa shape index (κ2) is 4.19. The van der Waals surface area contributed by atoms with E-state index in [4.69, 9.17) is 23.2 Å². The molecule has 0 spiro atoms. The van der Waals surface area contributed by atoms with Crippen LogP contribution in [0.25, 0.3) is 22.0 Å². The molecule has 104 valence electrons. The Hall–Kier alpha value is -1.64.